The van der Waals surface area contributed by atoms with E-state index in [9.17, 15) is 27.5 Å². The van der Waals surface area contributed by atoms with Gasteiger partial charge < -0.3 is 14.9 Å². The van der Waals surface area contributed by atoms with Crippen LogP contribution in [-0.2, 0) is 35.3 Å². The zero-order valence-corrected chi connectivity index (χ0v) is 18.9. The van der Waals surface area contributed by atoms with Crippen LogP contribution in [0.25, 0.3) is 11.1 Å². The summed E-state index contributed by atoms with van der Waals surface area (Å²) in [5.41, 5.74) is 0.800. The van der Waals surface area contributed by atoms with Crippen molar-refractivity contribution < 1.29 is 37.3 Å². The first-order valence-corrected chi connectivity index (χ1v) is 10.9. The Balaban J connectivity index is 1.94. The largest absolute Gasteiger partial charge is 0.481 e. The van der Waals surface area contributed by atoms with E-state index in [2.05, 4.69) is 0 Å². The lowest BCUT2D eigenvalue weighted by molar-refractivity contribution is -0.202. The van der Waals surface area contributed by atoms with Crippen molar-refractivity contribution in [1.29, 1.82) is 0 Å². The van der Waals surface area contributed by atoms with Crippen molar-refractivity contribution in [3.8, 4) is 11.1 Å². The Morgan fingerprint density at radius 2 is 1.74 bits per heavy atom. The summed E-state index contributed by atoms with van der Waals surface area (Å²) < 4.78 is 60.1. The molecule has 0 bridgehead atoms. The second-order valence-corrected chi connectivity index (χ2v) is 7.97. The molecule has 1 unspecified atom stereocenters. The van der Waals surface area contributed by atoms with Gasteiger partial charge in [0.15, 0.2) is 0 Å². The van der Waals surface area contributed by atoms with Crippen LogP contribution in [0.5, 0.6) is 0 Å². The zero-order valence-electron chi connectivity index (χ0n) is 18.9. The number of aliphatic carboxylic acids is 1. The highest BCUT2D eigenvalue weighted by Gasteiger charge is 2.31. The van der Waals surface area contributed by atoms with Crippen molar-refractivity contribution in [2.75, 3.05) is 6.54 Å². The van der Waals surface area contributed by atoms with Crippen molar-refractivity contribution in [3.63, 3.8) is 0 Å². The Kier molecular flexibility index (Phi) is 8.61. The van der Waals surface area contributed by atoms with Crippen molar-refractivity contribution in [2.45, 2.75) is 39.1 Å². The fourth-order valence-electron chi connectivity index (χ4n) is 3.68. The first-order chi connectivity index (χ1) is 16.6. The summed E-state index contributed by atoms with van der Waals surface area (Å²) in [6.07, 6.45) is -6.45. The third-order valence-corrected chi connectivity index (χ3v) is 5.39. The molecule has 0 aromatic heterocycles. The van der Waals surface area contributed by atoms with Crippen LogP contribution in [0.3, 0.4) is 0 Å². The van der Waals surface area contributed by atoms with Crippen molar-refractivity contribution in [3.05, 3.63) is 94.8 Å². The topological polar surface area (TPSA) is 70.0 Å². The molecule has 0 aliphatic rings. The molecule has 0 saturated carbocycles. The lowest BCUT2D eigenvalue weighted by Gasteiger charge is -2.27. The maximum Gasteiger partial charge on any atom is 0.416 e. The Hall–Kier alpha value is -3.27. The minimum atomic E-state index is -4.61. The van der Waals surface area contributed by atoms with Crippen LogP contribution >= 0.6 is 0 Å². The van der Waals surface area contributed by atoms with Gasteiger partial charge in [0, 0.05) is 13.1 Å². The van der Waals surface area contributed by atoms with Crippen molar-refractivity contribution in [2.24, 2.45) is 0 Å². The molecule has 3 aromatic carbocycles. The van der Waals surface area contributed by atoms with Gasteiger partial charge in [0.05, 0.1) is 18.6 Å². The summed E-state index contributed by atoms with van der Waals surface area (Å²) >= 11 is 0. The number of halogens is 4. The van der Waals surface area contributed by atoms with E-state index < -0.39 is 36.4 Å². The highest BCUT2D eigenvalue weighted by molar-refractivity contribution is 5.73. The summed E-state index contributed by atoms with van der Waals surface area (Å²) in [7, 11) is 0. The van der Waals surface area contributed by atoms with Gasteiger partial charge in [0.1, 0.15) is 5.82 Å². The molecular formula is C26H25F4NO4. The summed E-state index contributed by atoms with van der Waals surface area (Å²) in [6, 6.07) is 15.8. The van der Waals surface area contributed by atoms with Crippen LogP contribution in [0.2, 0.25) is 0 Å². The van der Waals surface area contributed by atoms with Crippen LogP contribution in [0.1, 0.15) is 29.2 Å². The van der Waals surface area contributed by atoms with E-state index in [0.29, 0.717) is 0 Å². The standard InChI is InChI=1S/C26H25F4NO4/c1-2-31(25(34)35-16-17-6-4-3-5-7-17)15-20-13-21(26(28,29)30)8-9-23(20)19-10-18(12-24(32)33)11-22(27)14-19/h3-11,13-14,25,34H,2,12,15-16H2,1H3,(H,32,33). The minimum Gasteiger partial charge on any atom is -0.481 e. The van der Waals surface area contributed by atoms with Crippen LogP contribution in [-0.4, -0.2) is 34.0 Å². The van der Waals surface area contributed by atoms with Gasteiger partial charge in [0.25, 0.3) is 0 Å². The van der Waals surface area contributed by atoms with E-state index in [-0.39, 0.29) is 42.0 Å². The molecule has 0 spiro atoms. The average molecular weight is 491 g/mol. The number of carboxylic acids is 1. The summed E-state index contributed by atoms with van der Waals surface area (Å²) in [4.78, 5) is 12.5. The van der Waals surface area contributed by atoms with E-state index in [1.807, 2.05) is 30.3 Å². The number of carboxylic acid groups (broad SMARTS) is 1. The van der Waals surface area contributed by atoms with Gasteiger partial charge in [-0.05, 0) is 52.1 Å². The van der Waals surface area contributed by atoms with E-state index in [1.165, 1.54) is 17.0 Å². The maximum absolute atomic E-state index is 14.2. The fourth-order valence-corrected chi connectivity index (χ4v) is 3.68. The number of alkyl halides is 3. The second kappa shape index (κ2) is 11.4. The Labute approximate surface area is 200 Å². The maximum atomic E-state index is 14.2. The Morgan fingerprint density at radius 1 is 1.03 bits per heavy atom. The molecule has 0 aliphatic carbocycles. The van der Waals surface area contributed by atoms with E-state index >= 15 is 0 Å². The van der Waals surface area contributed by atoms with Crippen LogP contribution in [0.15, 0.2) is 66.7 Å². The number of hydrogen-bond acceptors (Lipinski definition) is 4. The molecule has 3 aromatic rings. The van der Waals surface area contributed by atoms with Gasteiger partial charge in [-0.15, -0.1) is 0 Å². The number of carbonyl (C=O) groups is 1. The first-order valence-electron chi connectivity index (χ1n) is 10.9. The van der Waals surface area contributed by atoms with Crippen LogP contribution < -0.4 is 0 Å². The third kappa shape index (κ3) is 7.35. The smallest absolute Gasteiger partial charge is 0.416 e. The lowest BCUT2D eigenvalue weighted by Crippen LogP contribution is -2.36. The molecule has 0 amide bonds. The Bertz CT molecular complexity index is 1150. The molecule has 9 heteroatoms. The molecule has 0 radical (unpaired) electrons. The minimum absolute atomic E-state index is 0.0937. The van der Waals surface area contributed by atoms with Crippen LogP contribution in [0, 0.1) is 5.82 Å². The zero-order chi connectivity index (χ0) is 25.6. The van der Waals surface area contributed by atoms with Gasteiger partial charge in [0.2, 0.25) is 6.41 Å². The summed E-state index contributed by atoms with van der Waals surface area (Å²) in [5.74, 6) is -1.87. The Morgan fingerprint density at radius 3 is 2.37 bits per heavy atom. The number of benzene rings is 3. The monoisotopic (exact) mass is 491 g/mol. The van der Waals surface area contributed by atoms with E-state index in [4.69, 9.17) is 9.84 Å². The molecule has 186 valence electrons. The number of ether oxygens (including phenoxy) is 1. The lowest BCUT2D eigenvalue weighted by atomic mass is 9.95. The van der Waals surface area contributed by atoms with Crippen LogP contribution in [0.4, 0.5) is 17.6 Å². The molecule has 5 nitrogen and oxygen atoms in total. The molecule has 3 rings (SSSR count). The van der Waals surface area contributed by atoms with Crippen molar-refractivity contribution >= 4 is 5.97 Å². The number of hydrogen-bond donors (Lipinski definition) is 2. The van der Waals surface area contributed by atoms with E-state index in [1.54, 1.807) is 6.92 Å². The van der Waals surface area contributed by atoms with Gasteiger partial charge in [-0.2, -0.15) is 13.2 Å². The van der Waals surface area contributed by atoms with Gasteiger partial charge >= 0.3 is 12.1 Å². The second-order valence-electron chi connectivity index (χ2n) is 7.97. The normalized spacial score (nSPS) is 12.7. The average Bonchev–Trinajstić information content (AvgIpc) is 2.80. The molecule has 0 heterocycles. The molecular weight excluding hydrogens is 466 g/mol. The molecule has 2 N–H and O–H groups in total. The molecule has 0 aliphatic heterocycles. The fraction of sp³-hybridized carbons (Fsp3) is 0.269. The van der Waals surface area contributed by atoms with Crippen molar-refractivity contribution in [1.82, 2.24) is 4.90 Å². The van der Waals surface area contributed by atoms with Gasteiger partial charge in [-0.25, -0.2) is 4.39 Å². The summed E-state index contributed by atoms with van der Waals surface area (Å²) in [5, 5.41) is 19.6. The third-order valence-electron chi connectivity index (χ3n) is 5.39. The van der Waals surface area contributed by atoms with Gasteiger partial charge in [-0.1, -0.05) is 49.4 Å². The molecule has 35 heavy (non-hydrogen) atoms. The number of nitrogens with zero attached hydrogens (tertiary/aromatic N) is 1. The molecule has 1 atom stereocenters. The number of aliphatic hydroxyl groups excluding tert-OH is 1. The highest BCUT2D eigenvalue weighted by atomic mass is 19.4. The number of aliphatic hydroxyl groups is 1. The van der Waals surface area contributed by atoms with Gasteiger partial charge in [-0.3, -0.25) is 9.69 Å². The molecule has 0 saturated heterocycles. The first kappa shape index (κ1) is 26.3. The summed E-state index contributed by atoms with van der Waals surface area (Å²) in [6.45, 7) is 1.93. The van der Waals surface area contributed by atoms with E-state index in [0.717, 1.165) is 29.8 Å². The predicted molar refractivity (Wildman–Crippen MR) is 121 cm³/mol. The quantitative estimate of drug-likeness (QED) is 0.292. The number of rotatable bonds is 10. The highest BCUT2D eigenvalue weighted by Crippen LogP contribution is 2.35. The molecule has 0 fully saturated rings. The predicted octanol–water partition coefficient (Wildman–Crippen LogP) is 5.45. The SMILES string of the molecule is CCN(Cc1cc(C(F)(F)F)ccc1-c1cc(F)cc(CC(=O)O)c1)C(O)OCc1ccccc1.